The normalized spacial score (nSPS) is 19.5. The van der Waals surface area contributed by atoms with Crippen LogP contribution in [0.1, 0.15) is 63.6 Å². The van der Waals surface area contributed by atoms with Gasteiger partial charge in [0.25, 0.3) is 0 Å². The molecule has 4 rings (SSSR count). The summed E-state index contributed by atoms with van der Waals surface area (Å²) in [6.45, 7) is 4.23. The Bertz CT molecular complexity index is 1040. The minimum Gasteiger partial charge on any atom is -0.490 e. The number of nitrogens with zero attached hydrogens (tertiary/aromatic N) is 4. The van der Waals surface area contributed by atoms with Gasteiger partial charge in [0.2, 0.25) is 5.91 Å². The van der Waals surface area contributed by atoms with Gasteiger partial charge in [0.05, 0.1) is 24.3 Å². The molecule has 9 nitrogen and oxygen atoms in total. The van der Waals surface area contributed by atoms with E-state index in [9.17, 15) is 15.0 Å². The van der Waals surface area contributed by atoms with E-state index in [1.54, 1.807) is 18.3 Å². The Labute approximate surface area is 207 Å². The predicted octanol–water partition coefficient (Wildman–Crippen LogP) is 2.42. The second-order valence-corrected chi connectivity index (χ2v) is 9.77. The maximum atomic E-state index is 12.7. The maximum absolute atomic E-state index is 12.7. The number of fused-ring (bicyclic) bond motifs is 1. The summed E-state index contributed by atoms with van der Waals surface area (Å²) < 4.78 is 5.88. The number of anilines is 1. The third kappa shape index (κ3) is 5.90. The molecule has 2 atom stereocenters. The quantitative estimate of drug-likeness (QED) is 0.471. The first-order valence-corrected chi connectivity index (χ1v) is 12.7. The smallest absolute Gasteiger partial charge is 0.239 e. The van der Waals surface area contributed by atoms with Crippen LogP contribution in [-0.4, -0.2) is 69.0 Å². The third-order valence-electron chi connectivity index (χ3n) is 7.26. The van der Waals surface area contributed by atoms with E-state index in [-0.39, 0.29) is 25.1 Å². The van der Waals surface area contributed by atoms with E-state index in [4.69, 9.17) is 14.7 Å². The SMILES string of the molecule is CCC(O)(CC)COc1ccnc(-c2nc3c(c(N(C)CC(=O)N[C@@H]4CCC[C@@H]4O)n2)CCC3)c1. The number of carbonyl (C=O) groups is 1. The monoisotopic (exact) mass is 483 g/mol. The molecule has 0 saturated heterocycles. The molecule has 0 aromatic carbocycles. The summed E-state index contributed by atoms with van der Waals surface area (Å²) in [5, 5.41) is 23.5. The fourth-order valence-electron chi connectivity index (χ4n) is 4.79. The van der Waals surface area contributed by atoms with Gasteiger partial charge in [-0.2, -0.15) is 0 Å². The molecule has 0 unspecified atom stereocenters. The molecule has 1 fully saturated rings. The van der Waals surface area contributed by atoms with Gasteiger partial charge < -0.3 is 25.2 Å². The summed E-state index contributed by atoms with van der Waals surface area (Å²) in [5.41, 5.74) is 1.79. The van der Waals surface area contributed by atoms with Gasteiger partial charge in [0.1, 0.15) is 23.9 Å². The van der Waals surface area contributed by atoms with E-state index in [2.05, 4.69) is 10.3 Å². The van der Waals surface area contributed by atoms with Gasteiger partial charge in [0, 0.05) is 30.6 Å². The molecule has 3 N–H and O–H groups in total. The zero-order chi connectivity index (χ0) is 25.0. The first kappa shape index (κ1) is 25.3. The predicted molar refractivity (Wildman–Crippen MR) is 133 cm³/mol. The highest BCUT2D eigenvalue weighted by atomic mass is 16.5. The number of aryl methyl sites for hydroxylation is 1. The number of aromatic nitrogens is 3. The highest BCUT2D eigenvalue weighted by Crippen LogP contribution is 2.31. The van der Waals surface area contributed by atoms with Crippen LogP contribution in [0.5, 0.6) is 5.75 Å². The summed E-state index contributed by atoms with van der Waals surface area (Å²) in [7, 11) is 1.86. The number of likely N-dealkylation sites (N-methyl/N-ethyl adjacent to an activating group) is 1. The van der Waals surface area contributed by atoms with Crippen LogP contribution in [0.3, 0.4) is 0 Å². The fourth-order valence-corrected chi connectivity index (χ4v) is 4.79. The molecule has 0 bridgehead atoms. The first-order valence-electron chi connectivity index (χ1n) is 12.7. The van der Waals surface area contributed by atoms with E-state index in [1.807, 2.05) is 25.8 Å². The van der Waals surface area contributed by atoms with E-state index >= 15 is 0 Å². The van der Waals surface area contributed by atoms with Crippen molar-refractivity contribution in [1.29, 1.82) is 0 Å². The third-order valence-corrected chi connectivity index (χ3v) is 7.26. The molecule has 1 amide bonds. The van der Waals surface area contributed by atoms with Gasteiger partial charge in [0.15, 0.2) is 5.82 Å². The van der Waals surface area contributed by atoms with Crippen LogP contribution >= 0.6 is 0 Å². The van der Waals surface area contributed by atoms with Gasteiger partial charge in [-0.25, -0.2) is 9.97 Å². The highest BCUT2D eigenvalue weighted by molar-refractivity contribution is 5.81. The molecule has 2 aliphatic carbocycles. The van der Waals surface area contributed by atoms with Crippen molar-refractivity contribution in [3.05, 3.63) is 29.6 Å². The van der Waals surface area contributed by atoms with Crippen LogP contribution in [0.2, 0.25) is 0 Å². The number of aliphatic hydroxyl groups is 2. The zero-order valence-corrected chi connectivity index (χ0v) is 21.0. The number of aliphatic hydroxyl groups excluding tert-OH is 1. The Balaban J connectivity index is 1.53. The largest absolute Gasteiger partial charge is 0.490 e. The number of carbonyl (C=O) groups excluding carboxylic acids is 1. The number of hydrogen-bond donors (Lipinski definition) is 3. The van der Waals surface area contributed by atoms with Crippen molar-refractivity contribution in [2.45, 2.75) is 83.0 Å². The van der Waals surface area contributed by atoms with E-state index in [1.165, 1.54) is 0 Å². The summed E-state index contributed by atoms with van der Waals surface area (Å²) in [6, 6.07) is 3.38. The van der Waals surface area contributed by atoms with Crippen molar-refractivity contribution in [1.82, 2.24) is 20.3 Å². The number of hydrogen-bond acceptors (Lipinski definition) is 8. The van der Waals surface area contributed by atoms with Gasteiger partial charge in [-0.05, 0) is 57.4 Å². The molecule has 2 heterocycles. The number of ether oxygens (including phenoxy) is 1. The molecule has 0 spiro atoms. The standard InChI is InChI=1S/C26H37N5O4/c1-4-26(34,5-2)16-35-17-12-13-27-21(14-17)24-29-19-9-6-8-18(19)25(30-24)31(3)15-23(33)28-20-10-7-11-22(20)32/h12-14,20,22,32,34H,4-11,15-16H2,1-3H3,(H,28,33)/t20-,22+/m1/s1. The molecule has 2 aromatic heterocycles. The van der Waals surface area contributed by atoms with Gasteiger partial charge >= 0.3 is 0 Å². The lowest BCUT2D eigenvalue weighted by Gasteiger charge is -2.25. The second-order valence-electron chi connectivity index (χ2n) is 9.77. The van der Waals surface area contributed by atoms with Gasteiger partial charge in [-0.3, -0.25) is 9.78 Å². The minimum absolute atomic E-state index is 0.127. The number of rotatable bonds is 10. The lowest BCUT2D eigenvalue weighted by Crippen LogP contribution is -2.44. The Kier molecular flexibility index (Phi) is 7.86. The minimum atomic E-state index is -0.863. The van der Waals surface area contributed by atoms with Crippen LogP contribution in [0.4, 0.5) is 5.82 Å². The lowest BCUT2D eigenvalue weighted by molar-refractivity contribution is -0.121. The van der Waals surface area contributed by atoms with Crippen molar-refractivity contribution < 1.29 is 19.7 Å². The molecule has 190 valence electrons. The molecule has 1 saturated carbocycles. The summed E-state index contributed by atoms with van der Waals surface area (Å²) in [6.07, 6.45) is 7.61. The molecule has 0 aliphatic heterocycles. The van der Waals surface area contributed by atoms with Crippen molar-refractivity contribution >= 4 is 11.7 Å². The molecule has 35 heavy (non-hydrogen) atoms. The van der Waals surface area contributed by atoms with E-state index in [0.29, 0.717) is 30.1 Å². The maximum Gasteiger partial charge on any atom is 0.239 e. The molecular formula is C26H37N5O4. The Hall–Kier alpha value is -2.78. The van der Waals surface area contributed by atoms with Crippen LogP contribution in [0.25, 0.3) is 11.5 Å². The number of pyridine rings is 1. The fraction of sp³-hybridized carbons (Fsp3) is 0.615. The molecule has 2 aromatic rings. The van der Waals surface area contributed by atoms with Crippen LogP contribution in [0.15, 0.2) is 18.3 Å². The average Bonchev–Trinajstić information content (AvgIpc) is 3.50. The van der Waals surface area contributed by atoms with Crippen LogP contribution in [-0.2, 0) is 17.6 Å². The zero-order valence-electron chi connectivity index (χ0n) is 21.0. The van der Waals surface area contributed by atoms with E-state index < -0.39 is 11.7 Å². The Morgan fingerprint density at radius 2 is 2.03 bits per heavy atom. The Morgan fingerprint density at radius 3 is 2.74 bits per heavy atom. The van der Waals surface area contributed by atoms with Crippen LogP contribution in [0, 0.1) is 0 Å². The van der Waals surface area contributed by atoms with Crippen molar-refractivity contribution in [3.63, 3.8) is 0 Å². The average molecular weight is 484 g/mol. The molecule has 2 aliphatic rings. The lowest BCUT2D eigenvalue weighted by atomic mass is 9.99. The Morgan fingerprint density at radius 1 is 1.23 bits per heavy atom. The molecule has 9 heteroatoms. The molecular weight excluding hydrogens is 446 g/mol. The van der Waals surface area contributed by atoms with Crippen molar-refractivity contribution in [2.75, 3.05) is 25.1 Å². The van der Waals surface area contributed by atoms with Gasteiger partial charge in [-0.15, -0.1) is 0 Å². The van der Waals surface area contributed by atoms with Gasteiger partial charge in [-0.1, -0.05) is 13.8 Å². The van der Waals surface area contributed by atoms with E-state index in [0.717, 1.165) is 55.6 Å². The number of amides is 1. The highest BCUT2D eigenvalue weighted by Gasteiger charge is 2.28. The van der Waals surface area contributed by atoms with Crippen LogP contribution < -0.4 is 15.0 Å². The topological polar surface area (TPSA) is 121 Å². The second kappa shape index (κ2) is 10.9. The summed E-state index contributed by atoms with van der Waals surface area (Å²) in [5.74, 6) is 1.71. The van der Waals surface area contributed by atoms with Crippen molar-refractivity contribution in [3.8, 4) is 17.3 Å². The van der Waals surface area contributed by atoms with Crippen molar-refractivity contribution in [2.24, 2.45) is 0 Å². The summed E-state index contributed by atoms with van der Waals surface area (Å²) in [4.78, 5) is 28.6. The molecule has 0 radical (unpaired) electrons. The first-order chi connectivity index (χ1) is 16.8. The summed E-state index contributed by atoms with van der Waals surface area (Å²) >= 11 is 0. The number of nitrogens with one attached hydrogen (secondary N) is 1.